The van der Waals surface area contributed by atoms with E-state index in [2.05, 4.69) is 78.9 Å². The monoisotopic (exact) mass is 387 g/mol. The van der Waals surface area contributed by atoms with Crippen LogP contribution in [0.3, 0.4) is 0 Å². The Morgan fingerprint density at radius 3 is 1.50 bits per heavy atom. The highest BCUT2D eigenvalue weighted by molar-refractivity contribution is 5.76. The van der Waals surface area contributed by atoms with Gasteiger partial charge in [0.15, 0.2) is 5.82 Å². The highest BCUT2D eigenvalue weighted by Gasteiger charge is 2.14. The van der Waals surface area contributed by atoms with E-state index in [0.717, 1.165) is 34.0 Å². The SMILES string of the molecule is Cc1nc(-c2ccccc2)n(-c2cc(-c3ccccc3)cc(-c3ccccc3)c2)n1. The second kappa shape index (κ2) is 7.80. The van der Waals surface area contributed by atoms with Crippen LogP contribution in [0, 0.1) is 6.92 Å². The van der Waals surface area contributed by atoms with Crippen molar-refractivity contribution in [2.45, 2.75) is 6.92 Å². The first kappa shape index (κ1) is 18.1. The Balaban J connectivity index is 1.73. The number of hydrogen-bond donors (Lipinski definition) is 0. The first-order valence-electron chi connectivity index (χ1n) is 10.0. The molecule has 0 spiro atoms. The van der Waals surface area contributed by atoms with E-state index in [1.807, 2.05) is 41.9 Å². The number of rotatable bonds is 4. The van der Waals surface area contributed by atoms with Gasteiger partial charge in [-0.3, -0.25) is 0 Å². The first-order chi connectivity index (χ1) is 14.8. The normalized spacial score (nSPS) is 10.8. The van der Waals surface area contributed by atoms with E-state index in [1.165, 1.54) is 11.1 Å². The molecule has 0 unspecified atom stereocenters. The predicted molar refractivity (Wildman–Crippen MR) is 122 cm³/mol. The Hall–Kier alpha value is -3.98. The Morgan fingerprint density at radius 1 is 0.533 bits per heavy atom. The first-order valence-corrected chi connectivity index (χ1v) is 10.0. The van der Waals surface area contributed by atoms with Gasteiger partial charge in [-0.2, -0.15) is 5.10 Å². The highest BCUT2D eigenvalue weighted by atomic mass is 15.3. The van der Waals surface area contributed by atoms with Gasteiger partial charge in [-0.15, -0.1) is 0 Å². The molecule has 5 rings (SSSR count). The van der Waals surface area contributed by atoms with Crippen LogP contribution in [-0.2, 0) is 0 Å². The summed E-state index contributed by atoms with van der Waals surface area (Å²) in [5.41, 5.74) is 6.70. The molecule has 0 aliphatic carbocycles. The standard InChI is InChI=1S/C27H21N3/c1-20-28-27(23-15-9-4-10-16-23)30(29-20)26-18-24(21-11-5-2-6-12-21)17-25(19-26)22-13-7-3-8-14-22/h2-19H,1H3. The van der Waals surface area contributed by atoms with E-state index in [1.54, 1.807) is 0 Å². The number of benzene rings is 4. The van der Waals surface area contributed by atoms with Crippen molar-refractivity contribution in [3.63, 3.8) is 0 Å². The lowest BCUT2D eigenvalue weighted by Gasteiger charge is -2.12. The molecule has 3 nitrogen and oxygen atoms in total. The second-order valence-electron chi connectivity index (χ2n) is 7.26. The lowest BCUT2D eigenvalue weighted by atomic mass is 9.98. The van der Waals surface area contributed by atoms with Crippen molar-refractivity contribution in [3.8, 4) is 39.3 Å². The van der Waals surface area contributed by atoms with Crippen LogP contribution in [0.25, 0.3) is 39.3 Å². The molecule has 0 amide bonds. The molecule has 5 aromatic rings. The molecule has 0 aliphatic heterocycles. The van der Waals surface area contributed by atoms with E-state index in [4.69, 9.17) is 10.1 Å². The summed E-state index contributed by atoms with van der Waals surface area (Å²) in [4.78, 5) is 4.71. The molecule has 1 heterocycles. The molecule has 0 bridgehead atoms. The maximum atomic E-state index is 4.73. The number of aryl methyl sites for hydroxylation is 1. The molecule has 0 saturated heterocycles. The molecule has 1 aromatic heterocycles. The van der Waals surface area contributed by atoms with Gasteiger partial charge in [0, 0.05) is 5.56 Å². The summed E-state index contributed by atoms with van der Waals surface area (Å²) in [6, 6.07) is 37.7. The zero-order valence-corrected chi connectivity index (χ0v) is 16.7. The maximum Gasteiger partial charge on any atom is 0.163 e. The van der Waals surface area contributed by atoms with Crippen molar-refractivity contribution in [2.24, 2.45) is 0 Å². The van der Waals surface area contributed by atoms with Crippen molar-refractivity contribution < 1.29 is 0 Å². The van der Waals surface area contributed by atoms with Gasteiger partial charge in [-0.25, -0.2) is 9.67 Å². The minimum Gasteiger partial charge on any atom is -0.213 e. The summed E-state index contributed by atoms with van der Waals surface area (Å²) in [6.45, 7) is 1.93. The van der Waals surface area contributed by atoms with Crippen molar-refractivity contribution in [1.29, 1.82) is 0 Å². The van der Waals surface area contributed by atoms with E-state index in [-0.39, 0.29) is 0 Å². The van der Waals surface area contributed by atoms with Crippen LogP contribution >= 0.6 is 0 Å². The smallest absolute Gasteiger partial charge is 0.163 e. The molecule has 0 radical (unpaired) electrons. The number of aromatic nitrogens is 3. The van der Waals surface area contributed by atoms with Crippen LogP contribution in [0.1, 0.15) is 5.82 Å². The van der Waals surface area contributed by atoms with Gasteiger partial charge in [-0.1, -0.05) is 91.0 Å². The van der Waals surface area contributed by atoms with Gasteiger partial charge in [0.1, 0.15) is 5.82 Å². The van der Waals surface area contributed by atoms with E-state index in [0.29, 0.717) is 0 Å². The summed E-state index contributed by atoms with van der Waals surface area (Å²) >= 11 is 0. The van der Waals surface area contributed by atoms with Gasteiger partial charge in [0.25, 0.3) is 0 Å². The molecular weight excluding hydrogens is 366 g/mol. The predicted octanol–water partition coefficient (Wildman–Crippen LogP) is 6.58. The van der Waals surface area contributed by atoms with Crippen LogP contribution in [-0.4, -0.2) is 14.8 Å². The van der Waals surface area contributed by atoms with Crippen molar-refractivity contribution in [3.05, 3.63) is 115 Å². The average molecular weight is 387 g/mol. The van der Waals surface area contributed by atoms with Crippen molar-refractivity contribution >= 4 is 0 Å². The molecule has 0 N–H and O–H groups in total. The molecule has 0 atom stereocenters. The zero-order valence-electron chi connectivity index (χ0n) is 16.7. The van der Waals surface area contributed by atoms with Crippen LogP contribution in [0.5, 0.6) is 0 Å². The summed E-state index contributed by atoms with van der Waals surface area (Å²) in [5.74, 6) is 1.59. The topological polar surface area (TPSA) is 30.7 Å². The Labute approximate surface area is 176 Å². The Kier molecular flexibility index (Phi) is 4.70. The van der Waals surface area contributed by atoms with Gasteiger partial charge in [0.05, 0.1) is 5.69 Å². The summed E-state index contributed by atoms with van der Waals surface area (Å²) in [5, 5.41) is 4.73. The van der Waals surface area contributed by atoms with Gasteiger partial charge >= 0.3 is 0 Å². The Morgan fingerprint density at radius 2 is 1.00 bits per heavy atom. The van der Waals surface area contributed by atoms with Crippen LogP contribution < -0.4 is 0 Å². The quantitative estimate of drug-likeness (QED) is 0.349. The molecule has 144 valence electrons. The minimum absolute atomic E-state index is 0.750. The van der Waals surface area contributed by atoms with Crippen molar-refractivity contribution in [2.75, 3.05) is 0 Å². The zero-order chi connectivity index (χ0) is 20.3. The largest absolute Gasteiger partial charge is 0.213 e. The molecule has 0 fully saturated rings. The van der Waals surface area contributed by atoms with Crippen LogP contribution in [0.15, 0.2) is 109 Å². The molecule has 4 aromatic carbocycles. The third kappa shape index (κ3) is 3.53. The van der Waals surface area contributed by atoms with E-state index in [9.17, 15) is 0 Å². The second-order valence-corrected chi connectivity index (χ2v) is 7.26. The fraction of sp³-hybridized carbons (Fsp3) is 0.0370. The molecule has 30 heavy (non-hydrogen) atoms. The van der Waals surface area contributed by atoms with Crippen LogP contribution in [0.2, 0.25) is 0 Å². The third-order valence-electron chi connectivity index (χ3n) is 5.12. The lowest BCUT2D eigenvalue weighted by molar-refractivity contribution is 0.870. The molecule has 3 heteroatoms. The van der Waals surface area contributed by atoms with E-state index >= 15 is 0 Å². The average Bonchev–Trinajstić information content (AvgIpc) is 3.22. The summed E-state index contributed by atoms with van der Waals surface area (Å²) in [7, 11) is 0. The minimum atomic E-state index is 0.750. The maximum absolute atomic E-state index is 4.73. The number of nitrogens with zero attached hydrogens (tertiary/aromatic N) is 3. The van der Waals surface area contributed by atoms with Gasteiger partial charge in [0.2, 0.25) is 0 Å². The number of hydrogen-bond acceptors (Lipinski definition) is 2. The molecule has 0 aliphatic rings. The fourth-order valence-electron chi connectivity index (χ4n) is 3.70. The van der Waals surface area contributed by atoms with Gasteiger partial charge < -0.3 is 0 Å². The Bertz CT molecular complexity index is 1220. The summed E-state index contributed by atoms with van der Waals surface area (Å²) in [6.07, 6.45) is 0. The van der Waals surface area contributed by atoms with Crippen molar-refractivity contribution in [1.82, 2.24) is 14.8 Å². The molecule has 0 saturated carbocycles. The van der Waals surface area contributed by atoms with Gasteiger partial charge in [-0.05, 0) is 47.4 Å². The van der Waals surface area contributed by atoms with Crippen LogP contribution in [0.4, 0.5) is 0 Å². The third-order valence-corrected chi connectivity index (χ3v) is 5.12. The fourth-order valence-corrected chi connectivity index (χ4v) is 3.70. The summed E-state index contributed by atoms with van der Waals surface area (Å²) < 4.78 is 1.95. The highest BCUT2D eigenvalue weighted by Crippen LogP contribution is 2.31. The van der Waals surface area contributed by atoms with E-state index < -0.39 is 0 Å². The lowest BCUT2D eigenvalue weighted by Crippen LogP contribution is -2.01. The molecular formula is C27H21N3.